The molecule has 1 N–H and O–H groups in total. The molecule has 0 aromatic carbocycles. The maximum absolute atomic E-state index is 10.4. The number of carbonyl (C=O) groups is 4. The van der Waals surface area contributed by atoms with Crippen LogP contribution in [-0.4, -0.2) is 30.3 Å². The quantitative estimate of drug-likeness (QED) is 0.733. The van der Waals surface area contributed by atoms with E-state index in [4.69, 9.17) is 0 Å². The summed E-state index contributed by atoms with van der Waals surface area (Å²) in [5.41, 5.74) is 0. The molecule has 0 aliphatic carbocycles. The van der Waals surface area contributed by atoms with Gasteiger partial charge in [-0.2, -0.15) is 0 Å². The highest BCUT2D eigenvalue weighted by Crippen LogP contribution is 1.88. The van der Waals surface area contributed by atoms with Crippen molar-refractivity contribution in [1.82, 2.24) is 5.32 Å². The summed E-state index contributed by atoms with van der Waals surface area (Å²) < 4.78 is 0. The van der Waals surface area contributed by atoms with Gasteiger partial charge in [0.05, 0.1) is 0 Å². The van der Waals surface area contributed by atoms with Gasteiger partial charge in [-0.3, -0.25) is 14.4 Å². The topological polar surface area (TPSA) is 80.3 Å². The fourth-order valence-corrected chi connectivity index (χ4v) is 1.11. The molecule has 0 fully saturated rings. The van der Waals surface area contributed by atoms with Gasteiger partial charge in [-0.25, -0.2) is 0 Å². The lowest BCUT2D eigenvalue weighted by Crippen LogP contribution is -2.16. The molecule has 0 atom stereocenters. The fourth-order valence-electron chi connectivity index (χ4n) is 1.11. The van der Waals surface area contributed by atoms with Crippen molar-refractivity contribution in [2.24, 2.45) is 0 Å². The minimum absolute atomic E-state index is 0.127. The lowest BCUT2D eigenvalue weighted by atomic mass is 10.2. The summed E-state index contributed by atoms with van der Waals surface area (Å²) in [7, 11) is 1.65. The number of carbonyl (C=O) groups excluding carboxylic acids is 4. The van der Waals surface area contributed by atoms with Gasteiger partial charge in [-0.05, 0) is 26.2 Å². The Labute approximate surface area is 128 Å². The lowest BCUT2D eigenvalue weighted by molar-refractivity contribution is -0.135. The van der Waals surface area contributed by atoms with E-state index in [9.17, 15) is 19.2 Å². The van der Waals surface area contributed by atoms with Gasteiger partial charge in [0, 0.05) is 33.2 Å². The van der Waals surface area contributed by atoms with E-state index in [1.807, 2.05) is 20.8 Å². The zero-order valence-electron chi connectivity index (χ0n) is 14.4. The van der Waals surface area contributed by atoms with E-state index in [2.05, 4.69) is 5.32 Å². The molecule has 124 valence electrons. The molecule has 21 heavy (non-hydrogen) atoms. The molecule has 0 aliphatic heterocycles. The first-order valence-electron chi connectivity index (χ1n) is 7.50. The van der Waals surface area contributed by atoms with E-state index in [1.165, 1.54) is 6.92 Å². The number of rotatable bonds is 7. The molecule has 5 heteroatoms. The van der Waals surface area contributed by atoms with Crippen LogP contribution in [0, 0.1) is 0 Å². The molecule has 1 amide bonds. The van der Waals surface area contributed by atoms with Crippen LogP contribution in [0.3, 0.4) is 0 Å². The lowest BCUT2D eigenvalue weighted by Gasteiger charge is -1.91. The zero-order valence-corrected chi connectivity index (χ0v) is 14.4. The van der Waals surface area contributed by atoms with Gasteiger partial charge in [0.25, 0.3) is 0 Å². The van der Waals surface area contributed by atoms with Gasteiger partial charge >= 0.3 is 0 Å². The molecular formula is C16H31NO4. The molecule has 0 bridgehead atoms. The molecule has 0 aromatic rings. The molecule has 0 rings (SSSR count). The fraction of sp³-hybridized carbons (Fsp3) is 0.750. The second kappa shape index (κ2) is 18.5. The minimum atomic E-state index is -0.327. The van der Waals surface area contributed by atoms with Crippen LogP contribution in [0.4, 0.5) is 0 Å². The largest absolute Gasteiger partial charge is 0.359 e. The minimum Gasteiger partial charge on any atom is -0.359 e. The third-order valence-electron chi connectivity index (χ3n) is 2.23. The third-order valence-corrected chi connectivity index (χ3v) is 2.23. The van der Waals surface area contributed by atoms with Crippen LogP contribution in [0.25, 0.3) is 0 Å². The molecule has 0 spiro atoms. The average Bonchev–Trinajstić information content (AvgIpc) is 2.40. The van der Waals surface area contributed by atoms with Crippen molar-refractivity contribution >= 4 is 23.3 Å². The third kappa shape index (κ3) is 27.6. The maximum atomic E-state index is 10.4. The second-order valence-corrected chi connectivity index (χ2v) is 4.60. The first-order chi connectivity index (χ1) is 9.76. The van der Waals surface area contributed by atoms with Crippen LogP contribution in [0.15, 0.2) is 0 Å². The predicted octanol–water partition coefficient (Wildman–Crippen LogP) is 2.85. The maximum Gasteiger partial charge on any atom is 0.219 e. The van der Waals surface area contributed by atoms with Gasteiger partial charge in [0.1, 0.15) is 5.78 Å². The van der Waals surface area contributed by atoms with E-state index >= 15 is 0 Å². The van der Waals surface area contributed by atoms with Crippen molar-refractivity contribution in [2.75, 3.05) is 7.05 Å². The summed E-state index contributed by atoms with van der Waals surface area (Å²) in [5.74, 6) is -0.167. The van der Waals surface area contributed by atoms with E-state index < -0.39 is 0 Å². The number of hydrogen-bond acceptors (Lipinski definition) is 4. The van der Waals surface area contributed by atoms with Crippen LogP contribution in [0.2, 0.25) is 0 Å². The Morgan fingerprint density at radius 2 is 1.19 bits per heavy atom. The molecule has 0 aromatic heterocycles. The Bertz CT molecular complexity index is 311. The summed E-state index contributed by atoms with van der Waals surface area (Å²) in [6.07, 6.45) is 4.46. The van der Waals surface area contributed by atoms with Crippen molar-refractivity contribution in [3.8, 4) is 0 Å². The summed E-state index contributed by atoms with van der Waals surface area (Å²) in [5, 5.41) is 2.53. The molecule has 0 unspecified atom stereocenters. The monoisotopic (exact) mass is 301 g/mol. The van der Waals surface area contributed by atoms with Crippen molar-refractivity contribution < 1.29 is 19.2 Å². The first kappa shape index (κ1) is 24.5. The standard InChI is InChI=1S/C6H10O2.C5H11NO.C5H10O/c1-3-4-6(8)5(2)7;1-3-4-5(7)6-2;1-3-4-5(2)6/h3-4H2,1-2H3;3-4H2,1-2H3,(H,6,7);3-4H2,1-2H3. The summed E-state index contributed by atoms with van der Waals surface area (Å²) >= 11 is 0. The number of Topliss-reactive ketones (excluding diaryl/α,β-unsaturated/α-hetero) is 3. The summed E-state index contributed by atoms with van der Waals surface area (Å²) in [6, 6.07) is 0. The van der Waals surface area contributed by atoms with E-state index in [1.54, 1.807) is 14.0 Å². The zero-order chi connectivity index (χ0) is 17.3. The smallest absolute Gasteiger partial charge is 0.219 e. The van der Waals surface area contributed by atoms with E-state index in [-0.39, 0.29) is 23.3 Å². The van der Waals surface area contributed by atoms with E-state index in [0.29, 0.717) is 12.8 Å². The number of nitrogens with one attached hydrogen (secondary N) is 1. The Hall–Kier alpha value is -1.52. The van der Waals surface area contributed by atoms with Crippen molar-refractivity contribution in [2.45, 2.75) is 73.1 Å². The SMILES string of the molecule is CCCC(=O)C(C)=O.CCCC(=O)NC.CCCC(C)=O. The highest BCUT2D eigenvalue weighted by Gasteiger charge is 2.03. The molecule has 5 nitrogen and oxygen atoms in total. The van der Waals surface area contributed by atoms with Gasteiger partial charge in [-0.15, -0.1) is 0 Å². The predicted molar refractivity (Wildman–Crippen MR) is 85.2 cm³/mol. The molecule has 0 radical (unpaired) electrons. The molecule has 0 heterocycles. The Balaban J connectivity index is -0.000000234. The number of ketones is 3. The Kier molecular flexibility index (Phi) is 21.6. The van der Waals surface area contributed by atoms with Crippen LogP contribution < -0.4 is 5.32 Å². The number of amides is 1. The van der Waals surface area contributed by atoms with Gasteiger partial charge in [-0.1, -0.05) is 20.8 Å². The van der Waals surface area contributed by atoms with Gasteiger partial charge in [0.2, 0.25) is 5.91 Å². The van der Waals surface area contributed by atoms with Crippen LogP contribution in [0.5, 0.6) is 0 Å². The average molecular weight is 301 g/mol. The molecule has 0 saturated heterocycles. The number of hydrogen-bond donors (Lipinski definition) is 1. The van der Waals surface area contributed by atoms with Crippen molar-refractivity contribution in [3.63, 3.8) is 0 Å². The summed E-state index contributed by atoms with van der Waals surface area (Å²) in [4.78, 5) is 40.9. The van der Waals surface area contributed by atoms with E-state index in [0.717, 1.165) is 25.7 Å². The van der Waals surface area contributed by atoms with Crippen molar-refractivity contribution in [3.05, 3.63) is 0 Å². The van der Waals surface area contributed by atoms with Gasteiger partial charge in [0.15, 0.2) is 11.6 Å². The van der Waals surface area contributed by atoms with Crippen LogP contribution in [0.1, 0.15) is 73.1 Å². The van der Waals surface area contributed by atoms with Crippen molar-refractivity contribution in [1.29, 1.82) is 0 Å². The highest BCUT2D eigenvalue weighted by molar-refractivity contribution is 6.36. The Morgan fingerprint density at radius 3 is 1.29 bits per heavy atom. The second-order valence-electron chi connectivity index (χ2n) is 4.60. The Morgan fingerprint density at radius 1 is 0.762 bits per heavy atom. The van der Waals surface area contributed by atoms with Crippen LogP contribution in [-0.2, 0) is 19.2 Å². The first-order valence-corrected chi connectivity index (χ1v) is 7.50. The summed E-state index contributed by atoms with van der Waals surface area (Å²) in [6.45, 7) is 8.78. The van der Waals surface area contributed by atoms with Gasteiger partial charge < -0.3 is 10.1 Å². The normalized spacial score (nSPS) is 8.48. The highest BCUT2D eigenvalue weighted by atomic mass is 16.2. The molecule has 0 saturated carbocycles. The molecular weight excluding hydrogens is 270 g/mol. The van der Waals surface area contributed by atoms with Crippen LogP contribution >= 0.6 is 0 Å². The molecule has 0 aliphatic rings.